The number of carbonyl (C=O) groups is 1. The number of benzene rings is 1. The summed E-state index contributed by atoms with van der Waals surface area (Å²) in [4.78, 5) is 10.7. The molecule has 3 nitrogen and oxygen atoms in total. The van der Waals surface area contributed by atoms with Gasteiger partial charge in [0.2, 0.25) is 0 Å². The molecule has 1 rings (SSSR count). The molecule has 0 aliphatic carbocycles. The molecule has 0 aliphatic rings. The van der Waals surface area contributed by atoms with Crippen molar-refractivity contribution in [2.75, 3.05) is 7.11 Å². The number of hydrogen-bond acceptors (Lipinski definition) is 3. The molecule has 0 unspecified atom stereocenters. The lowest BCUT2D eigenvalue weighted by Crippen LogP contribution is -1.87. The molecular weight excluding hydrogens is 204 g/mol. The minimum atomic E-state index is -0.0166. The highest BCUT2D eigenvalue weighted by atomic mass is 16.5. The molecule has 0 atom stereocenters. The summed E-state index contributed by atoms with van der Waals surface area (Å²) in [5.74, 6) is 0.523. The van der Waals surface area contributed by atoms with Crippen LogP contribution in [0, 0.1) is 0 Å². The van der Waals surface area contributed by atoms with Crippen LogP contribution in [0.4, 0.5) is 0 Å². The minimum absolute atomic E-state index is 0.0166. The largest absolute Gasteiger partial charge is 0.507 e. The summed E-state index contributed by atoms with van der Waals surface area (Å²) in [6, 6.07) is 4.85. The zero-order chi connectivity index (χ0) is 12.1. The topological polar surface area (TPSA) is 46.5 Å². The van der Waals surface area contributed by atoms with E-state index >= 15 is 0 Å². The van der Waals surface area contributed by atoms with Crippen LogP contribution in [0.3, 0.4) is 0 Å². The van der Waals surface area contributed by atoms with Crippen molar-refractivity contribution in [1.29, 1.82) is 0 Å². The van der Waals surface area contributed by atoms with E-state index in [0.717, 1.165) is 11.1 Å². The van der Waals surface area contributed by atoms with Gasteiger partial charge in [-0.05, 0) is 36.3 Å². The van der Waals surface area contributed by atoms with E-state index in [4.69, 9.17) is 4.74 Å². The minimum Gasteiger partial charge on any atom is -0.507 e. The Labute approximate surface area is 94.7 Å². The highest BCUT2D eigenvalue weighted by molar-refractivity contribution is 5.82. The quantitative estimate of drug-likeness (QED) is 0.480. The van der Waals surface area contributed by atoms with E-state index in [0.29, 0.717) is 12.0 Å². The third-order valence-electron chi connectivity index (χ3n) is 2.25. The maximum atomic E-state index is 10.7. The van der Waals surface area contributed by atoms with Crippen LogP contribution in [0.2, 0.25) is 0 Å². The average Bonchev–Trinajstić information content (AvgIpc) is 2.29. The summed E-state index contributed by atoms with van der Waals surface area (Å²) in [5.41, 5.74) is 2.03. The highest BCUT2D eigenvalue weighted by Crippen LogP contribution is 2.22. The second kappa shape index (κ2) is 5.16. The van der Waals surface area contributed by atoms with Gasteiger partial charge in [0.1, 0.15) is 11.5 Å². The summed E-state index contributed by atoms with van der Waals surface area (Å²) in [6.45, 7) is 5.56. The lowest BCUT2D eigenvalue weighted by molar-refractivity contribution is 0.112. The van der Waals surface area contributed by atoms with E-state index in [-0.39, 0.29) is 11.3 Å². The normalized spacial score (nSPS) is 11.0. The number of allylic oxidation sites excluding steroid dienone is 2. The van der Waals surface area contributed by atoms with Crippen molar-refractivity contribution in [1.82, 2.24) is 0 Å². The first kappa shape index (κ1) is 12.0. The van der Waals surface area contributed by atoms with Gasteiger partial charge in [0.15, 0.2) is 6.29 Å². The van der Waals surface area contributed by atoms with Crippen LogP contribution in [-0.2, 0) is 4.74 Å². The van der Waals surface area contributed by atoms with Crippen molar-refractivity contribution >= 4 is 11.9 Å². The van der Waals surface area contributed by atoms with E-state index in [9.17, 15) is 9.90 Å². The molecule has 1 aromatic rings. The predicted molar refractivity (Wildman–Crippen MR) is 63.3 cm³/mol. The SMILES string of the molecule is C=C(/C=C(\C)c1ccc(O)c(C=O)c1)OC. The fourth-order valence-corrected chi connectivity index (χ4v) is 1.28. The second-order valence-electron chi connectivity index (χ2n) is 3.39. The maximum Gasteiger partial charge on any atom is 0.153 e. The van der Waals surface area contributed by atoms with Gasteiger partial charge in [0.05, 0.1) is 12.7 Å². The average molecular weight is 218 g/mol. The number of phenols is 1. The fourth-order valence-electron chi connectivity index (χ4n) is 1.28. The van der Waals surface area contributed by atoms with Crippen molar-refractivity contribution in [2.24, 2.45) is 0 Å². The second-order valence-corrected chi connectivity index (χ2v) is 3.39. The van der Waals surface area contributed by atoms with Crippen LogP contribution in [-0.4, -0.2) is 18.5 Å². The fraction of sp³-hybridized carbons (Fsp3) is 0.154. The molecule has 1 aromatic carbocycles. The van der Waals surface area contributed by atoms with E-state index < -0.39 is 0 Å². The Hall–Kier alpha value is -2.03. The molecule has 0 aliphatic heterocycles. The Morgan fingerprint density at radius 3 is 2.75 bits per heavy atom. The zero-order valence-electron chi connectivity index (χ0n) is 9.36. The number of aromatic hydroxyl groups is 1. The van der Waals surface area contributed by atoms with Gasteiger partial charge in [0.25, 0.3) is 0 Å². The first-order valence-corrected chi connectivity index (χ1v) is 4.78. The lowest BCUT2D eigenvalue weighted by Gasteiger charge is -2.05. The van der Waals surface area contributed by atoms with Gasteiger partial charge in [-0.1, -0.05) is 12.6 Å². The van der Waals surface area contributed by atoms with Gasteiger partial charge in [-0.2, -0.15) is 0 Å². The van der Waals surface area contributed by atoms with E-state index in [1.807, 2.05) is 6.92 Å². The monoisotopic (exact) mass is 218 g/mol. The van der Waals surface area contributed by atoms with E-state index in [1.165, 1.54) is 6.07 Å². The molecule has 0 aromatic heterocycles. The third kappa shape index (κ3) is 2.73. The molecule has 84 valence electrons. The van der Waals surface area contributed by atoms with Crippen molar-refractivity contribution in [3.8, 4) is 5.75 Å². The molecule has 0 saturated heterocycles. The predicted octanol–water partition coefficient (Wildman–Crippen LogP) is 2.77. The smallest absolute Gasteiger partial charge is 0.153 e. The Balaban J connectivity index is 3.09. The summed E-state index contributed by atoms with van der Waals surface area (Å²) >= 11 is 0. The van der Waals surface area contributed by atoms with Gasteiger partial charge in [-0.3, -0.25) is 4.79 Å². The Morgan fingerprint density at radius 1 is 1.50 bits per heavy atom. The summed E-state index contributed by atoms with van der Waals surface area (Å²) in [5, 5.41) is 9.35. The molecule has 0 saturated carbocycles. The Morgan fingerprint density at radius 2 is 2.19 bits per heavy atom. The van der Waals surface area contributed by atoms with Crippen LogP contribution in [0.15, 0.2) is 36.6 Å². The number of rotatable bonds is 4. The zero-order valence-corrected chi connectivity index (χ0v) is 9.36. The van der Waals surface area contributed by atoms with E-state index in [2.05, 4.69) is 6.58 Å². The molecule has 3 heteroatoms. The van der Waals surface area contributed by atoms with Gasteiger partial charge in [-0.25, -0.2) is 0 Å². The maximum absolute atomic E-state index is 10.7. The summed E-state index contributed by atoms with van der Waals surface area (Å²) in [7, 11) is 1.54. The third-order valence-corrected chi connectivity index (χ3v) is 2.25. The Kier molecular flexibility index (Phi) is 3.89. The van der Waals surface area contributed by atoms with Gasteiger partial charge < -0.3 is 9.84 Å². The van der Waals surface area contributed by atoms with Gasteiger partial charge in [-0.15, -0.1) is 0 Å². The van der Waals surface area contributed by atoms with E-state index in [1.54, 1.807) is 25.3 Å². The molecule has 0 heterocycles. The number of hydrogen-bond donors (Lipinski definition) is 1. The van der Waals surface area contributed by atoms with Crippen LogP contribution in [0.5, 0.6) is 5.75 Å². The standard InChI is InChI=1S/C13H14O3/c1-9(6-10(2)16-3)11-4-5-13(15)12(7-11)8-14/h4-8,15H,2H2,1,3H3/b9-6+. The lowest BCUT2D eigenvalue weighted by atomic mass is 10.0. The first-order chi connectivity index (χ1) is 7.58. The summed E-state index contributed by atoms with van der Waals surface area (Å²) < 4.78 is 4.93. The number of aldehydes is 1. The summed E-state index contributed by atoms with van der Waals surface area (Å²) in [6.07, 6.45) is 2.39. The van der Waals surface area contributed by atoms with Crippen LogP contribution in [0.1, 0.15) is 22.8 Å². The number of ether oxygens (including phenoxy) is 1. The van der Waals surface area contributed by atoms with Gasteiger partial charge >= 0.3 is 0 Å². The van der Waals surface area contributed by atoms with Crippen LogP contribution < -0.4 is 0 Å². The highest BCUT2D eigenvalue weighted by Gasteiger charge is 2.03. The van der Waals surface area contributed by atoms with Crippen molar-refractivity contribution in [3.05, 3.63) is 47.7 Å². The van der Waals surface area contributed by atoms with Crippen molar-refractivity contribution < 1.29 is 14.6 Å². The van der Waals surface area contributed by atoms with Crippen LogP contribution >= 0.6 is 0 Å². The Bertz CT molecular complexity index is 444. The molecule has 0 amide bonds. The first-order valence-electron chi connectivity index (χ1n) is 4.78. The number of carbonyl (C=O) groups excluding carboxylic acids is 1. The molecule has 0 spiro atoms. The van der Waals surface area contributed by atoms with Crippen molar-refractivity contribution in [2.45, 2.75) is 6.92 Å². The molecule has 0 bridgehead atoms. The molecule has 16 heavy (non-hydrogen) atoms. The van der Waals surface area contributed by atoms with Crippen LogP contribution in [0.25, 0.3) is 5.57 Å². The number of methoxy groups -OCH3 is 1. The van der Waals surface area contributed by atoms with Crippen molar-refractivity contribution in [3.63, 3.8) is 0 Å². The van der Waals surface area contributed by atoms with Gasteiger partial charge in [0, 0.05) is 0 Å². The molecular formula is C13H14O3. The molecule has 0 fully saturated rings. The molecule has 0 radical (unpaired) electrons. The number of phenolic OH excluding ortho intramolecular Hbond substituents is 1. The molecule has 1 N–H and O–H groups in total.